The highest BCUT2D eigenvalue weighted by atomic mass is 32.1. The smallest absolute Gasteiger partial charge is 0.179 e. The van der Waals surface area contributed by atoms with E-state index >= 15 is 0 Å². The molecule has 19 heavy (non-hydrogen) atoms. The molecule has 1 aromatic rings. The van der Waals surface area contributed by atoms with Crippen molar-refractivity contribution in [2.75, 3.05) is 0 Å². The zero-order chi connectivity index (χ0) is 13.6. The molecule has 110 valence electrons. The van der Waals surface area contributed by atoms with E-state index in [-0.39, 0.29) is 0 Å². The number of thiophene rings is 1. The molecule has 0 saturated heterocycles. The van der Waals surface area contributed by atoms with Gasteiger partial charge in [-0.15, -0.1) is 11.3 Å². The Morgan fingerprint density at radius 3 is 1.74 bits per heavy atom. The van der Waals surface area contributed by atoms with Crippen LogP contribution in [0.3, 0.4) is 0 Å². The average molecular weight is 308 g/mol. The van der Waals surface area contributed by atoms with Crippen LogP contribution >= 0.6 is 11.3 Å². The summed E-state index contributed by atoms with van der Waals surface area (Å²) in [6, 6.07) is 1.59. The summed E-state index contributed by atoms with van der Waals surface area (Å²) < 4.78 is 0. The quantitative estimate of drug-likeness (QED) is 0.311. The molecule has 1 N–H and O–H groups in total. The van der Waals surface area contributed by atoms with E-state index in [4.69, 9.17) is 5.26 Å². The van der Waals surface area contributed by atoms with Crippen LogP contribution in [0.25, 0.3) is 0 Å². The summed E-state index contributed by atoms with van der Waals surface area (Å²) in [6.45, 7) is 0. The zero-order valence-electron chi connectivity index (χ0n) is 8.39. The predicted octanol–water partition coefficient (Wildman–Crippen LogP) is 0.779. The van der Waals surface area contributed by atoms with Crippen LogP contribution in [-0.4, -0.2) is 5.26 Å². The molecule has 1 heterocycles. The van der Waals surface area contributed by atoms with Gasteiger partial charge in [-0.1, -0.05) is 0 Å². The lowest BCUT2D eigenvalue weighted by molar-refractivity contribution is -0.873. The first-order valence-electron chi connectivity index (χ1n) is 3.77. The molecule has 0 unspecified atom stereocenters. The first kappa shape index (κ1) is 16.0. The van der Waals surface area contributed by atoms with Crippen molar-refractivity contribution in [3.8, 4) is 5.75 Å². The fourth-order valence-electron chi connectivity index (χ4n) is 0.467. The van der Waals surface area contributed by atoms with Gasteiger partial charge in [-0.25, -0.2) is 5.26 Å². The Bertz CT molecular complexity index is 277. The summed E-state index contributed by atoms with van der Waals surface area (Å²) in [7, 11) is 0. The van der Waals surface area contributed by atoms with Gasteiger partial charge in [-0.05, 0) is 41.7 Å². The molecule has 0 fully saturated rings. The highest BCUT2D eigenvalue weighted by Gasteiger charge is 1.99. The molecular formula is C4H4O14S. The van der Waals surface area contributed by atoms with Crippen LogP contribution in [0, 0.1) is 0 Å². The third-order valence-electron chi connectivity index (χ3n) is 0.934. The molecule has 0 saturated carbocycles. The molecule has 0 aliphatic carbocycles. The number of hydrogen-bond acceptors (Lipinski definition) is 15. The monoisotopic (exact) mass is 308 g/mol. The summed E-state index contributed by atoms with van der Waals surface area (Å²) >= 11 is 1.36. The SMILES string of the molecule is OOOOOOOOOOOOOOc1ccsc1. The lowest BCUT2D eigenvalue weighted by Gasteiger charge is -1.99. The predicted molar refractivity (Wildman–Crippen MR) is 40.6 cm³/mol. The van der Waals surface area contributed by atoms with Crippen LogP contribution in [0.15, 0.2) is 16.8 Å². The molecule has 0 aromatic carbocycles. The Balaban J connectivity index is 1.72. The Labute approximate surface area is 105 Å². The first-order chi connectivity index (χ1) is 9.43. The van der Waals surface area contributed by atoms with Crippen LogP contribution < -0.4 is 4.89 Å². The second-order valence-corrected chi connectivity index (χ2v) is 2.65. The largest absolute Gasteiger partial charge is 0.305 e. The van der Waals surface area contributed by atoms with Crippen molar-refractivity contribution >= 4 is 11.3 Å². The van der Waals surface area contributed by atoms with Crippen molar-refractivity contribution in [3.63, 3.8) is 0 Å². The highest BCUT2D eigenvalue weighted by molar-refractivity contribution is 7.08. The highest BCUT2D eigenvalue weighted by Crippen LogP contribution is 2.14. The fraction of sp³-hybridized carbons (Fsp3) is 0. The average Bonchev–Trinajstić information content (AvgIpc) is 2.93. The maximum absolute atomic E-state index is 7.52. The molecule has 0 aliphatic rings. The van der Waals surface area contributed by atoms with E-state index in [2.05, 4.69) is 65.3 Å². The van der Waals surface area contributed by atoms with E-state index in [1.807, 2.05) is 0 Å². The normalized spacial score (nSPS) is 10.8. The minimum Gasteiger partial charge on any atom is -0.305 e. The molecule has 15 heteroatoms. The van der Waals surface area contributed by atoms with Gasteiger partial charge in [0.25, 0.3) is 0 Å². The van der Waals surface area contributed by atoms with Crippen LogP contribution in [0.5, 0.6) is 5.75 Å². The van der Waals surface area contributed by atoms with Crippen LogP contribution in [0.2, 0.25) is 0 Å². The van der Waals surface area contributed by atoms with Crippen molar-refractivity contribution < 1.29 is 70.6 Å². The van der Waals surface area contributed by atoms with Crippen LogP contribution in [-0.2, 0) is 60.5 Å². The van der Waals surface area contributed by atoms with Crippen molar-refractivity contribution in [3.05, 3.63) is 16.8 Å². The van der Waals surface area contributed by atoms with Gasteiger partial charge in [0, 0.05) is 35.6 Å². The molecule has 1 aromatic heterocycles. The minimum atomic E-state index is 0.369. The summed E-state index contributed by atoms with van der Waals surface area (Å²) in [6.07, 6.45) is 0. The Hall–Kier alpha value is -1.02. The van der Waals surface area contributed by atoms with Crippen molar-refractivity contribution in [1.82, 2.24) is 0 Å². The van der Waals surface area contributed by atoms with Gasteiger partial charge >= 0.3 is 0 Å². The molecule has 1 rings (SSSR count). The van der Waals surface area contributed by atoms with Gasteiger partial charge in [-0.3, -0.25) is 0 Å². The summed E-state index contributed by atoms with van der Waals surface area (Å²) in [5, 5.41) is 53.2. The van der Waals surface area contributed by atoms with Gasteiger partial charge in [0.1, 0.15) is 0 Å². The van der Waals surface area contributed by atoms with Crippen molar-refractivity contribution in [2.24, 2.45) is 0 Å². The van der Waals surface area contributed by atoms with Crippen molar-refractivity contribution in [2.45, 2.75) is 0 Å². The van der Waals surface area contributed by atoms with E-state index in [0.717, 1.165) is 0 Å². The molecule has 0 radical (unpaired) electrons. The molecule has 0 bridgehead atoms. The first-order valence-corrected chi connectivity index (χ1v) is 4.71. The fourth-order valence-corrected chi connectivity index (χ4v) is 1.01. The molecule has 0 atom stereocenters. The van der Waals surface area contributed by atoms with E-state index in [1.54, 1.807) is 16.8 Å². The summed E-state index contributed by atoms with van der Waals surface area (Å²) in [4.78, 5) is 4.48. The third kappa shape index (κ3) is 9.54. The molecule has 14 nitrogen and oxygen atoms in total. The topological polar surface area (TPSA) is 140 Å². The van der Waals surface area contributed by atoms with Gasteiger partial charge in [-0.2, -0.15) is 0 Å². The standard InChI is InChI=1S/C4H4O14S/c5-7-9-11-13-15-17-18-16-14-12-10-8-6-4-1-2-19-3-4/h1-3,5H. The van der Waals surface area contributed by atoms with Gasteiger partial charge < -0.3 is 4.89 Å². The summed E-state index contributed by atoms with van der Waals surface area (Å²) in [5.41, 5.74) is 0. The van der Waals surface area contributed by atoms with Crippen molar-refractivity contribution in [1.29, 1.82) is 0 Å². The van der Waals surface area contributed by atoms with Crippen LogP contribution in [0.4, 0.5) is 0 Å². The second-order valence-electron chi connectivity index (χ2n) is 1.87. The maximum atomic E-state index is 7.52. The molecular weight excluding hydrogens is 304 g/mol. The molecule has 0 spiro atoms. The van der Waals surface area contributed by atoms with Crippen LogP contribution in [0.1, 0.15) is 0 Å². The summed E-state index contributed by atoms with van der Waals surface area (Å²) in [5.74, 6) is 0.369. The lowest BCUT2D eigenvalue weighted by atomic mass is 10.6. The Morgan fingerprint density at radius 1 is 0.737 bits per heavy atom. The second kappa shape index (κ2) is 12.0. The Kier molecular flexibility index (Phi) is 10.2. The number of hydrogen-bond donors (Lipinski definition) is 1. The van der Waals surface area contributed by atoms with E-state index in [9.17, 15) is 0 Å². The van der Waals surface area contributed by atoms with E-state index in [0.29, 0.717) is 5.75 Å². The minimum absolute atomic E-state index is 0.369. The Morgan fingerprint density at radius 2 is 1.26 bits per heavy atom. The van der Waals surface area contributed by atoms with E-state index < -0.39 is 0 Å². The third-order valence-corrected chi connectivity index (χ3v) is 1.60. The molecule has 0 aliphatic heterocycles. The zero-order valence-corrected chi connectivity index (χ0v) is 9.21. The molecule has 0 amide bonds. The van der Waals surface area contributed by atoms with Gasteiger partial charge in [0.2, 0.25) is 0 Å². The van der Waals surface area contributed by atoms with Gasteiger partial charge in [0.15, 0.2) is 5.75 Å². The number of rotatable bonds is 13. The van der Waals surface area contributed by atoms with E-state index in [1.165, 1.54) is 11.3 Å². The van der Waals surface area contributed by atoms with Gasteiger partial charge in [0.05, 0.1) is 0 Å². The maximum Gasteiger partial charge on any atom is 0.179 e. The lowest BCUT2D eigenvalue weighted by Crippen LogP contribution is -2.04.